The first kappa shape index (κ1) is 23.2. The topological polar surface area (TPSA) is 97.4 Å². The number of carbonyl (C=O) groups is 1. The Kier molecular flexibility index (Phi) is 7.66. The fourth-order valence-electron chi connectivity index (χ4n) is 2.83. The highest BCUT2D eigenvalue weighted by molar-refractivity contribution is 7.89. The van der Waals surface area contributed by atoms with E-state index < -0.39 is 10.0 Å². The number of thiazole rings is 1. The molecule has 10 heteroatoms. The first-order chi connectivity index (χ1) is 14.8. The average Bonchev–Trinajstić information content (AvgIpc) is 3.22. The zero-order valence-corrected chi connectivity index (χ0v) is 19.4. The molecule has 7 nitrogen and oxygen atoms in total. The summed E-state index contributed by atoms with van der Waals surface area (Å²) in [6, 6.07) is 12.4. The van der Waals surface area contributed by atoms with E-state index in [1.165, 1.54) is 18.4 Å². The van der Waals surface area contributed by atoms with Gasteiger partial charge in [0, 0.05) is 16.9 Å². The lowest BCUT2D eigenvalue weighted by Gasteiger charge is -2.10. The molecule has 1 amide bonds. The number of sulfonamides is 1. The first-order valence-electron chi connectivity index (χ1n) is 9.40. The Bertz CT molecular complexity index is 1180. The van der Waals surface area contributed by atoms with E-state index in [-0.39, 0.29) is 28.8 Å². The predicted octanol–water partition coefficient (Wildman–Crippen LogP) is 3.56. The van der Waals surface area contributed by atoms with Gasteiger partial charge in [-0.3, -0.25) is 4.79 Å². The maximum atomic E-state index is 12.7. The fourth-order valence-corrected chi connectivity index (χ4v) is 5.09. The van der Waals surface area contributed by atoms with Crippen LogP contribution in [0, 0.1) is 6.92 Å². The lowest BCUT2D eigenvalue weighted by Crippen LogP contribution is -2.26. The molecule has 0 saturated carbocycles. The predicted molar refractivity (Wildman–Crippen MR) is 121 cm³/mol. The summed E-state index contributed by atoms with van der Waals surface area (Å²) in [5, 5.41) is 5.54. The first-order valence-corrected chi connectivity index (χ1v) is 12.1. The van der Waals surface area contributed by atoms with E-state index in [1.807, 2.05) is 18.2 Å². The minimum Gasteiger partial charge on any atom is -0.495 e. The van der Waals surface area contributed by atoms with Gasteiger partial charge in [0.25, 0.3) is 5.91 Å². The van der Waals surface area contributed by atoms with E-state index in [2.05, 4.69) is 15.0 Å². The summed E-state index contributed by atoms with van der Waals surface area (Å²) in [5.41, 5.74) is 2.07. The molecule has 0 radical (unpaired) electrons. The molecule has 0 aliphatic heterocycles. The van der Waals surface area contributed by atoms with Crippen molar-refractivity contribution in [3.63, 3.8) is 0 Å². The number of rotatable bonds is 9. The molecule has 0 atom stereocenters. The zero-order chi connectivity index (χ0) is 22.4. The summed E-state index contributed by atoms with van der Waals surface area (Å²) in [6.07, 6.45) is 0.640. The molecule has 1 aromatic heterocycles. The number of halogens is 1. The smallest absolute Gasteiger partial charge is 0.270 e. The van der Waals surface area contributed by atoms with E-state index in [9.17, 15) is 13.2 Å². The van der Waals surface area contributed by atoms with Crippen molar-refractivity contribution in [3.8, 4) is 5.75 Å². The highest BCUT2D eigenvalue weighted by atomic mass is 35.5. The van der Waals surface area contributed by atoms with Crippen molar-refractivity contribution in [3.05, 3.63) is 74.7 Å². The molecule has 2 aromatic carbocycles. The Morgan fingerprint density at radius 2 is 2.03 bits per heavy atom. The Morgan fingerprint density at radius 1 is 1.23 bits per heavy atom. The zero-order valence-electron chi connectivity index (χ0n) is 17.0. The number of benzene rings is 2. The van der Waals surface area contributed by atoms with Crippen LogP contribution in [-0.4, -0.2) is 33.0 Å². The van der Waals surface area contributed by atoms with Gasteiger partial charge in [0.2, 0.25) is 10.0 Å². The molecule has 0 bridgehead atoms. The second kappa shape index (κ2) is 10.2. The number of hydrogen-bond acceptors (Lipinski definition) is 6. The average molecular weight is 480 g/mol. The van der Waals surface area contributed by atoms with Gasteiger partial charge >= 0.3 is 0 Å². The van der Waals surface area contributed by atoms with Gasteiger partial charge < -0.3 is 10.1 Å². The lowest BCUT2D eigenvalue weighted by molar-refractivity contribution is 0.0949. The second-order valence-electron chi connectivity index (χ2n) is 6.74. The molecule has 3 aromatic rings. The molecule has 1 heterocycles. The summed E-state index contributed by atoms with van der Waals surface area (Å²) in [4.78, 5) is 16.6. The van der Waals surface area contributed by atoms with Gasteiger partial charge in [0.1, 0.15) is 21.3 Å². The van der Waals surface area contributed by atoms with Gasteiger partial charge in [-0.15, -0.1) is 11.3 Å². The number of hydrogen-bond donors (Lipinski definition) is 2. The van der Waals surface area contributed by atoms with Gasteiger partial charge in [0.15, 0.2) is 0 Å². The van der Waals surface area contributed by atoms with Crippen molar-refractivity contribution in [1.82, 2.24) is 15.0 Å². The summed E-state index contributed by atoms with van der Waals surface area (Å²) >= 11 is 7.17. The molecule has 31 heavy (non-hydrogen) atoms. The molecule has 3 rings (SSSR count). The van der Waals surface area contributed by atoms with Crippen LogP contribution < -0.4 is 14.8 Å². The van der Waals surface area contributed by atoms with E-state index >= 15 is 0 Å². The van der Waals surface area contributed by atoms with E-state index in [0.717, 1.165) is 11.1 Å². The van der Waals surface area contributed by atoms with Crippen LogP contribution in [0.25, 0.3) is 0 Å². The summed E-state index contributed by atoms with van der Waals surface area (Å²) in [6.45, 7) is 2.21. The lowest BCUT2D eigenvalue weighted by atomic mass is 10.1. The number of amides is 1. The van der Waals surface area contributed by atoms with E-state index in [4.69, 9.17) is 16.3 Å². The maximum Gasteiger partial charge on any atom is 0.270 e. The Hall–Kier alpha value is -2.46. The van der Waals surface area contributed by atoms with Gasteiger partial charge in [0.05, 0.1) is 13.7 Å². The van der Waals surface area contributed by atoms with Crippen molar-refractivity contribution in [2.24, 2.45) is 0 Å². The third kappa shape index (κ3) is 6.27. The summed E-state index contributed by atoms with van der Waals surface area (Å²) in [7, 11) is -2.38. The van der Waals surface area contributed by atoms with Gasteiger partial charge in [-0.1, -0.05) is 29.8 Å². The second-order valence-corrected chi connectivity index (χ2v) is 9.86. The normalized spacial score (nSPS) is 11.3. The Morgan fingerprint density at radius 3 is 2.77 bits per heavy atom. The van der Waals surface area contributed by atoms with Crippen LogP contribution in [0.5, 0.6) is 5.75 Å². The Labute approximate surface area is 190 Å². The highest BCUT2D eigenvalue weighted by Gasteiger charge is 2.20. The van der Waals surface area contributed by atoms with Crippen molar-refractivity contribution in [2.75, 3.05) is 13.7 Å². The number of aryl methyl sites for hydroxylation is 1. The minimum absolute atomic E-state index is 0.0279. The van der Waals surface area contributed by atoms with Crippen LogP contribution in [0.1, 0.15) is 26.6 Å². The Balaban J connectivity index is 1.57. The molecule has 2 N–H and O–H groups in total. The number of ether oxygens (including phenoxy) is 1. The van der Waals surface area contributed by atoms with Gasteiger partial charge in [-0.05, 0) is 48.7 Å². The molecule has 0 aliphatic rings. The monoisotopic (exact) mass is 479 g/mol. The highest BCUT2D eigenvalue weighted by Crippen LogP contribution is 2.25. The molecule has 0 aliphatic carbocycles. The van der Waals surface area contributed by atoms with Crippen LogP contribution >= 0.6 is 22.9 Å². The third-order valence-corrected chi connectivity index (χ3v) is 6.90. The van der Waals surface area contributed by atoms with Crippen LogP contribution in [0.2, 0.25) is 5.02 Å². The van der Waals surface area contributed by atoms with Crippen LogP contribution in [-0.2, 0) is 23.0 Å². The summed E-state index contributed by atoms with van der Waals surface area (Å²) in [5.74, 6) is -0.0512. The van der Waals surface area contributed by atoms with Crippen molar-refractivity contribution in [2.45, 2.75) is 24.8 Å². The van der Waals surface area contributed by atoms with Gasteiger partial charge in [-0.25, -0.2) is 18.1 Å². The number of nitrogens with zero attached hydrogens (tertiary/aromatic N) is 1. The van der Waals surface area contributed by atoms with Crippen LogP contribution in [0.15, 0.2) is 52.7 Å². The minimum atomic E-state index is -3.80. The largest absolute Gasteiger partial charge is 0.495 e. The van der Waals surface area contributed by atoms with Crippen LogP contribution in [0.4, 0.5) is 0 Å². The maximum absolute atomic E-state index is 12.7. The quantitative estimate of drug-likeness (QED) is 0.489. The number of aromatic nitrogens is 1. The number of carbonyl (C=O) groups excluding carboxylic acids is 1. The molecular weight excluding hydrogens is 458 g/mol. The molecule has 164 valence electrons. The molecule has 0 spiro atoms. The van der Waals surface area contributed by atoms with Crippen molar-refractivity contribution >= 4 is 38.9 Å². The summed E-state index contributed by atoms with van der Waals surface area (Å²) < 4.78 is 33.0. The number of nitrogens with one attached hydrogen (secondary N) is 2. The van der Waals surface area contributed by atoms with Crippen molar-refractivity contribution < 1.29 is 17.9 Å². The third-order valence-electron chi connectivity index (χ3n) is 4.39. The fraction of sp³-hybridized carbons (Fsp3) is 0.238. The van der Waals surface area contributed by atoms with E-state index in [1.54, 1.807) is 36.6 Å². The molecule has 0 saturated heterocycles. The van der Waals surface area contributed by atoms with Crippen molar-refractivity contribution in [1.29, 1.82) is 0 Å². The van der Waals surface area contributed by atoms with Gasteiger partial charge in [-0.2, -0.15) is 0 Å². The number of methoxy groups -OCH3 is 1. The van der Waals surface area contributed by atoms with E-state index in [0.29, 0.717) is 23.0 Å². The van der Waals surface area contributed by atoms with Crippen LogP contribution in [0.3, 0.4) is 0 Å². The standard InChI is InChI=1S/C21H22ClN3O4S2/c1-14-6-7-18(29-2)19(10-14)31(27,28)24-12-20-25-17(13-30-20)21(26)23-9-8-15-4-3-5-16(22)11-15/h3-7,10-11,13,24H,8-9,12H2,1-2H3,(H,23,26). The molecular formula is C21H22ClN3O4S2. The molecule has 0 unspecified atom stereocenters. The molecule has 0 fully saturated rings. The SMILES string of the molecule is COc1ccc(C)cc1S(=O)(=O)NCc1nc(C(=O)NCCc2cccc(Cl)c2)cs1.